The Kier molecular flexibility index (Phi) is 6.79. The maximum atomic E-state index is 13.6. The molecule has 3 nitrogen and oxygen atoms in total. The summed E-state index contributed by atoms with van der Waals surface area (Å²) < 4.78 is 19.4. The highest BCUT2D eigenvalue weighted by atomic mass is 19.1. The minimum absolute atomic E-state index is 0.0539. The lowest BCUT2D eigenvalue weighted by atomic mass is 9.97. The summed E-state index contributed by atoms with van der Waals surface area (Å²) in [6, 6.07) is 12.4. The Hall–Kier alpha value is -2.36. The van der Waals surface area contributed by atoms with E-state index in [0.29, 0.717) is 19.6 Å². The molecular formula is C20H24FNO2. The molecule has 0 fully saturated rings. The van der Waals surface area contributed by atoms with Crippen molar-refractivity contribution in [3.05, 3.63) is 53.8 Å². The lowest BCUT2D eigenvalue weighted by Crippen LogP contribution is -2.22. The molecule has 0 heterocycles. The van der Waals surface area contributed by atoms with Crippen molar-refractivity contribution in [1.29, 1.82) is 0 Å². The van der Waals surface area contributed by atoms with E-state index in [1.807, 2.05) is 24.3 Å². The molecule has 0 aliphatic heterocycles. The van der Waals surface area contributed by atoms with Crippen molar-refractivity contribution in [1.82, 2.24) is 5.32 Å². The molecule has 0 aliphatic carbocycles. The van der Waals surface area contributed by atoms with Crippen LogP contribution in [0.15, 0.2) is 42.5 Å². The number of benzene rings is 2. The fraction of sp³-hybridized carbons (Fsp3) is 0.350. The van der Waals surface area contributed by atoms with E-state index in [9.17, 15) is 9.18 Å². The minimum atomic E-state index is -0.266. The first-order chi connectivity index (χ1) is 11.6. The van der Waals surface area contributed by atoms with Gasteiger partial charge in [-0.15, -0.1) is 0 Å². The smallest absolute Gasteiger partial charge is 0.216 e. The second-order valence-corrected chi connectivity index (χ2v) is 5.76. The zero-order valence-corrected chi connectivity index (χ0v) is 14.3. The minimum Gasteiger partial charge on any atom is -0.494 e. The van der Waals surface area contributed by atoms with Gasteiger partial charge in [-0.2, -0.15) is 0 Å². The summed E-state index contributed by atoms with van der Waals surface area (Å²) in [5, 5.41) is 2.80. The van der Waals surface area contributed by atoms with Crippen molar-refractivity contribution in [2.45, 2.75) is 33.1 Å². The highest BCUT2D eigenvalue weighted by Gasteiger charge is 2.09. The lowest BCUT2D eigenvalue weighted by Gasteiger charge is -2.13. The van der Waals surface area contributed by atoms with Gasteiger partial charge in [0.1, 0.15) is 11.6 Å². The number of hydrogen-bond acceptors (Lipinski definition) is 2. The van der Waals surface area contributed by atoms with E-state index < -0.39 is 0 Å². The molecule has 0 saturated carbocycles. The molecule has 0 aromatic heterocycles. The second kappa shape index (κ2) is 9.06. The Morgan fingerprint density at radius 3 is 2.75 bits per heavy atom. The van der Waals surface area contributed by atoms with Gasteiger partial charge >= 0.3 is 0 Å². The van der Waals surface area contributed by atoms with Crippen molar-refractivity contribution in [2.24, 2.45) is 0 Å². The number of amides is 1. The largest absolute Gasteiger partial charge is 0.494 e. The summed E-state index contributed by atoms with van der Waals surface area (Å²) in [4.78, 5) is 11.1. The average molecular weight is 329 g/mol. The van der Waals surface area contributed by atoms with Gasteiger partial charge in [-0.1, -0.05) is 31.5 Å². The molecule has 1 amide bonds. The summed E-state index contributed by atoms with van der Waals surface area (Å²) in [6.45, 7) is 4.84. The van der Waals surface area contributed by atoms with Crippen molar-refractivity contribution in [2.75, 3.05) is 13.2 Å². The van der Waals surface area contributed by atoms with Gasteiger partial charge in [-0.3, -0.25) is 4.79 Å². The predicted octanol–water partition coefficient (Wildman–Crippen LogP) is 4.35. The summed E-state index contributed by atoms with van der Waals surface area (Å²) in [6.07, 6.45) is 2.76. The first-order valence-corrected chi connectivity index (χ1v) is 8.36. The lowest BCUT2D eigenvalue weighted by molar-refractivity contribution is -0.118. The third-order valence-corrected chi connectivity index (χ3v) is 3.75. The Balaban J connectivity index is 2.26. The molecule has 24 heavy (non-hydrogen) atoms. The highest BCUT2D eigenvalue weighted by molar-refractivity contribution is 5.73. The van der Waals surface area contributed by atoms with Gasteiger partial charge in [-0.25, -0.2) is 4.39 Å². The van der Waals surface area contributed by atoms with Crippen molar-refractivity contribution < 1.29 is 13.9 Å². The molecule has 0 aliphatic rings. The molecule has 4 heteroatoms. The number of carbonyl (C=O) groups is 1. The number of unbranched alkanes of at least 4 members (excludes halogenated alkanes) is 1. The maximum absolute atomic E-state index is 13.6. The van der Waals surface area contributed by atoms with Gasteiger partial charge in [0, 0.05) is 13.5 Å². The monoisotopic (exact) mass is 329 g/mol. The number of hydrogen-bond donors (Lipinski definition) is 1. The zero-order valence-electron chi connectivity index (χ0n) is 14.3. The summed E-state index contributed by atoms with van der Waals surface area (Å²) in [7, 11) is 0. The Morgan fingerprint density at radius 1 is 1.21 bits per heavy atom. The molecule has 0 saturated heterocycles. The van der Waals surface area contributed by atoms with Crippen LogP contribution in [0.1, 0.15) is 32.3 Å². The fourth-order valence-electron chi connectivity index (χ4n) is 2.50. The zero-order chi connectivity index (χ0) is 17.4. The van der Waals surface area contributed by atoms with E-state index >= 15 is 0 Å². The van der Waals surface area contributed by atoms with Crippen LogP contribution in [0.3, 0.4) is 0 Å². The summed E-state index contributed by atoms with van der Waals surface area (Å²) in [5.74, 6) is 0.463. The number of carbonyl (C=O) groups excluding carboxylic acids is 1. The third kappa shape index (κ3) is 5.37. The van der Waals surface area contributed by atoms with Crippen LogP contribution in [0.4, 0.5) is 4.39 Å². The standard InChI is InChI=1S/C20H24FNO2/c1-3-4-12-24-19-9-8-16(10-11-22-15(2)23)20(14-19)17-6-5-7-18(21)13-17/h5-9,13-14H,3-4,10-12H2,1-2H3,(H,22,23). The highest BCUT2D eigenvalue weighted by Crippen LogP contribution is 2.29. The van der Waals surface area contributed by atoms with Crippen LogP contribution in [0.2, 0.25) is 0 Å². The van der Waals surface area contributed by atoms with Crippen LogP contribution >= 0.6 is 0 Å². The van der Waals surface area contributed by atoms with Gasteiger partial charge in [0.2, 0.25) is 5.91 Å². The fourth-order valence-corrected chi connectivity index (χ4v) is 2.50. The maximum Gasteiger partial charge on any atom is 0.216 e. The number of halogens is 1. The van der Waals surface area contributed by atoms with Gasteiger partial charge in [0.25, 0.3) is 0 Å². The normalized spacial score (nSPS) is 10.5. The molecule has 2 aromatic carbocycles. The Labute approximate surface area is 142 Å². The molecule has 2 rings (SSSR count). The quantitative estimate of drug-likeness (QED) is 0.731. The van der Waals surface area contributed by atoms with Crippen molar-refractivity contribution >= 4 is 5.91 Å². The molecule has 0 bridgehead atoms. The third-order valence-electron chi connectivity index (χ3n) is 3.75. The van der Waals surface area contributed by atoms with E-state index in [1.54, 1.807) is 6.07 Å². The molecule has 0 atom stereocenters. The topological polar surface area (TPSA) is 38.3 Å². The molecule has 2 aromatic rings. The Bertz CT molecular complexity index is 685. The first kappa shape index (κ1) is 18.0. The van der Waals surface area contributed by atoms with Crippen molar-refractivity contribution in [3.8, 4) is 16.9 Å². The molecule has 1 N–H and O–H groups in total. The molecule has 128 valence electrons. The van der Waals surface area contributed by atoms with Gasteiger partial charge < -0.3 is 10.1 Å². The average Bonchev–Trinajstić information content (AvgIpc) is 2.56. The number of nitrogens with one attached hydrogen (secondary N) is 1. The molecular weight excluding hydrogens is 305 g/mol. The van der Waals surface area contributed by atoms with Crippen LogP contribution in [0.5, 0.6) is 5.75 Å². The predicted molar refractivity (Wildman–Crippen MR) is 94.6 cm³/mol. The van der Waals surface area contributed by atoms with Crippen molar-refractivity contribution in [3.63, 3.8) is 0 Å². The van der Waals surface area contributed by atoms with Crippen LogP contribution in [-0.4, -0.2) is 19.1 Å². The molecule has 0 radical (unpaired) electrons. The van der Waals surface area contributed by atoms with E-state index in [2.05, 4.69) is 12.2 Å². The van der Waals surface area contributed by atoms with Crippen LogP contribution in [0, 0.1) is 5.82 Å². The molecule has 0 spiro atoms. The van der Waals surface area contributed by atoms with E-state index in [4.69, 9.17) is 4.74 Å². The van der Waals surface area contributed by atoms with Gasteiger partial charge in [-0.05, 0) is 53.8 Å². The van der Waals surface area contributed by atoms with E-state index in [1.165, 1.54) is 19.1 Å². The van der Waals surface area contributed by atoms with Gasteiger partial charge in [0.15, 0.2) is 0 Å². The number of ether oxygens (including phenoxy) is 1. The van der Waals surface area contributed by atoms with Gasteiger partial charge in [0.05, 0.1) is 6.61 Å². The number of rotatable bonds is 8. The van der Waals surface area contributed by atoms with E-state index in [0.717, 1.165) is 35.3 Å². The van der Waals surface area contributed by atoms with Crippen LogP contribution in [0.25, 0.3) is 11.1 Å². The van der Waals surface area contributed by atoms with Crippen LogP contribution < -0.4 is 10.1 Å². The summed E-state index contributed by atoms with van der Waals surface area (Å²) >= 11 is 0. The molecule has 0 unspecified atom stereocenters. The summed E-state index contributed by atoms with van der Waals surface area (Å²) in [5.41, 5.74) is 2.81. The Morgan fingerprint density at radius 2 is 2.04 bits per heavy atom. The second-order valence-electron chi connectivity index (χ2n) is 5.76. The van der Waals surface area contributed by atoms with Crippen LogP contribution in [-0.2, 0) is 11.2 Å². The van der Waals surface area contributed by atoms with E-state index in [-0.39, 0.29) is 11.7 Å². The SMILES string of the molecule is CCCCOc1ccc(CCNC(C)=O)c(-c2cccc(F)c2)c1. The first-order valence-electron chi connectivity index (χ1n) is 8.36.